The summed E-state index contributed by atoms with van der Waals surface area (Å²) in [5.74, 6) is 2.65. The minimum atomic E-state index is 0.378. The molecule has 6 nitrogen and oxygen atoms in total. The second-order valence-electron chi connectivity index (χ2n) is 9.22. The molecular weight excluding hydrogens is 420 g/mol. The van der Waals surface area contributed by atoms with E-state index in [1.165, 1.54) is 49.7 Å². The summed E-state index contributed by atoms with van der Waals surface area (Å²) >= 11 is 0. The Bertz CT molecular complexity index is 942. The minimum absolute atomic E-state index is 0.378. The van der Waals surface area contributed by atoms with Crippen LogP contribution in [0.25, 0.3) is 0 Å². The molecule has 2 heterocycles. The fourth-order valence-corrected chi connectivity index (χ4v) is 5.17. The van der Waals surface area contributed by atoms with Gasteiger partial charge in [-0.15, -0.1) is 0 Å². The van der Waals surface area contributed by atoms with Crippen molar-refractivity contribution >= 4 is 18.4 Å². The van der Waals surface area contributed by atoms with Gasteiger partial charge in [-0.3, -0.25) is 4.99 Å². The second-order valence-corrected chi connectivity index (χ2v) is 9.22. The van der Waals surface area contributed by atoms with Crippen LogP contribution in [0, 0.1) is 5.92 Å². The molecule has 1 aromatic heterocycles. The molecule has 0 unspecified atom stereocenters. The molecule has 34 heavy (non-hydrogen) atoms. The maximum absolute atomic E-state index is 4.78. The molecule has 0 bridgehead atoms. The molecule has 6 heteroatoms. The predicted molar refractivity (Wildman–Crippen MR) is 145 cm³/mol. The molecule has 1 aromatic rings. The lowest BCUT2D eigenvalue weighted by Crippen LogP contribution is -2.26. The zero-order valence-corrected chi connectivity index (χ0v) is 20.9. The number of nitrogens with zero attached hydrogens (tertiary/aromatic N) is 3. The van der Waals surface area contributed by atoms with Gasteiger partial charge < -0.3 is 16.0 Å². The van der Waals surface area contributed by atoms with Crippen LogP contribution in [0.1, 0.15) is 63.9 Å². The highest BCUT2D eigenvalue weighted by atomic mass is 15.1. The number of nitrogens with one attached hydrogen (secondary N) is 3. The van der Waals surface area contributed by atoms with Gasteiger partial charge in [-0.05, 0) is 100 Å². The maximum Gasteiger partial charge on any atom is 0.136 e. The van der Waals surface area contributed by atoms with E-state index in [0.717, 1.165) is 35.6 Å². The highest BCUT2D eigenvalue weighted by Gasteiger charge is 2.24. The van der Waals surface area contributed by atoms with Crippen LogP contribution in [-0.2, 0) is 0 Å². The SMILES string of the molecule is C=CNC(=N/CNc1ccc(C2CCNCC2)cn1)/C(=C\N=C)C(/C)=C(/C(=C)C)C1CCCC1. The quantitative estimate of drug-likeness (QED) is 0.237. The van der Waals surface area contributed by atoms with E-state index in [-0.39, 0.29) is 0 Å². The van der Waals surface area contributed by atoms with Crippen LogP contribution in [0.3, 0.4) is 0 Å². The summed E-state index contributed by atoms with van der Waals surface area (Å²) in [6.45, 7) is 18.6. The van der Waals surface area contributed by atoms with Gasteiger partial charge in [0, 0.05) is 18.0 Å². The van der Waals surface area contributed by atoms with Crippen molar-refractivity contribution in [2.24, 2.45) is 15.9 Å². The van der Waals surface area contributed by atoms with Crippen molar-refractivity contribution in [2.75, 3.05) is 25.1 Å². The van der Waals surface area contributed by atoms with E-state index >= 15 is 0 Å². The van der Waals surface area contributed by atoms with Crippen LogP contribution >= 0.6 is 0 Å². The maximum atomic E-state index is 4.78. The van der Waals surface area contributed by atoms with Crippen LogP contribution in [0.5, 0.6) is 0 Å². The summed E-state index contributed by atoms with van der Waals surface area (Å²) in [5, 5.41) is 9.93. The van der Waals surface area contributed by atoms with E-state index < -0.39 is 0 Å². The molecule has 182 valence electrons. The van der Waals surface area contributed by atoms with E-state index in [0.29, 0.717) is 24.3 Å². The van der Waals surface area contributed by atoms with Crippen molar-refractivity contribution < 1.29 is 0 Å². The van der Waals surface area contributed by atoms with Crippen molar-refractivity contribution in [3.8, 4) is 0 Å². The van der Waals surface area contributed by atoms with Crippen molar-refractivity contribution in [3.63, 3.8) is 0 Å². The fourth-order valence-electron chi connectivity index (χ4n) is 5.17. The summed E-state index contributed by atoms with van der Waals surface area (Å²) in [4.78, 5) is 13.5. The van der Waals surface area contributed by atoms with Crippen LogP contribution in [0.2, 0.25) is 0 Å². The summed E-state index contributed by atoms with van der Waals surface area (Å²) in [5.41, 5.74) is 5.79. The third-order valence-corrected chi connectivity index (χ3v) is 6.84. The highest BCUT2D eigenvalue weighted by molar-refractivity contribution is 6.03. The lowest BCUT2D eigenvalue weighted by molar-refractivity contribution is 0.459. The molecule has 0 aromatic carbocycles. The van der Waals surface area contributed by atoms with E-state index in [1.807, 2.05) is 12.3 Å². The van der Waals surface area contributed by atoms with Crippen LogP contribution in [-0.4, -0.2) is 37.3 Å². The summed E-state index contributed by atoms with van der Waals surface area (Å²) < 4.78 is 0. The van der Waals surface area contributed by atoms with Crippen molar-refractivity contribution in [1.82, 2.24) is 15.6 Å². The second kappa shape index (κ2) is 13.0. The summed E-state index contributed by atoms with van der Waals surface area (Å²) in [6.07, 6.45) is 12.7. The first-order valence-electron chi connectivity index (χ1n) is 12.4. The number of hydrogen-bond donors (Lipinski definition) is 3. The first kappa shape index (κ1) is 25.6. The molecule has 1 aliphatic carbocycles. The van der Waals surface area contributed by atoms with Gasteiger partial charge in [0.2, 0.25) is 0 Å². The highest BCUT2D eigenvalue weighted by Crippen LogP contribution is 2.37. The standard InChI is InChI=1S/C28H40N6/c1-6-31-28(25(18-29-5)21(4)27(20(2)3)23-9-7-8-10-23)34-19-33-26-12-11-24(17-32-26)22-13-15-30-16-14-22/h6,11-12,17-18,22-23,30H,1-2,5,7-10,13-16,19H2,3-4H3,(H,31,34)(H,32,33)/b25-18-,27-21-. The Morgan fingerprint density at radius 3 is 2.50 bits per heavy atom. The van der Waals surface area contributed by atoms with Gasteiger partial charge in [0.25, 0.3) is 0 Å². The van der Waals surface area contributed by atoms with Crippen LogP contribution < -0.4 is 16.0 Å². The monoisotopic (exact) mass is 460 g/mol. The summed E-state index contributed by atoms with van der Waals surface area (Å²) in [7, 11) is 0. The molecule has 1 saturated carbocycles. The Balaban J connectivity index is 1.76. The van der Waals surface area contributed by atoms with Crippen molar-refractivity contribution in [2.45, 2.75) is 58.3 Å². The number of allylic oxidation sites excluding steroid dienone is 2. The molecule has 1 aliphatic heterocycles. The number of hydrogen-bond acceptors (Lipinski definition) is 5. The topological polar surface area (TPSA) is 73.7 Å². The average molecular weight is 461 g/mol. The van der Waals surface area contributed by atoms with Crippen LogP contribution in [0.15, 0.2) is 76.2 Å². The van der Waals surface area contributed by atoms with E-state index in [4.69, 9.17) is 4.99 Å². The van der Waals surface area contributed by atoms with E-state index in [1.54, 1.807) is 12.4 Å². The lowest BCUT2D eigenvalue weighted by atomic mass is 9.86. The number of anilines is 1. The number of amidine groups is 1. The fraction of sp³-hybridized carbons (Fsp3) is 0.464. The third-order valence-electron chi connectivity index (χ3n) is 6.84. The molecule has 0 spiro atoms. The average Bonchev–Trinajstić information content (AvgIpc) is 3.37. The molecule has 0 atom stereocenters. The largest absolute Gasteiger partial charge is 0.351 e. The molecule has 0 amide bonds. The molecule has 2 aliphatic rings. The Kier molecular flexibility index (Phi) is 9.83. The number of aliphatic imine (C=N–C) groups is 2. The zero-order valence-electron chi connectivity index (χ0n) is 20.9. The number of aromatic nitrogens is 1. The van der Waals surface area contributed by atoms with E-state index in [2.05, 4.69) is 65.7 Å². The molecule has 3 N–H and O–H groups in total. The zero-order chi connectivity index (χ0) is 24.3. The molecular formula is C28H40N6. The Labute approximate surface area is 205 Å². The Morgan fingerprint density at radius 2 is 1.91 bits per heavy atom. The number of pyridine rings is 1. The Morgan fingerprint density at radius 1 is 1.18 bits per heavy atom. The van der Waals surface area contributed by atoms with Gasteiger partial charge in [-0.2, -0.15) is 0 Å². The normalized spacial score (nSPS) is 18.9. The smallest absolute Gasteiger partial charge is 0.136 e. The minimum Gasteiger partial charge on any atom is -0.351 e. The molecule has 3 rings (SSSR count). The molecule has 1 saturated heterocycles. The van der Waals surface area contributed by atoms with Crippen LogP contribution in [0.4, 0.5) is 5.82 Å². The Hall–Kier alpha value is -2.99. The van der Waals surface area contributed by atoms with Gasteiger partial charge in [-0.25, -0.2) is 9.98 Å². The lowest BCUT2D eigenvalue weighted by Gasteiger charge is -2.22. The van der Waals surface area contributed by atoms with Crippen molar-refractivity contribution in [1.29, 1.82) is 0 Å². The predicted octanol–water partition coefficient (Wildman–Crippen LogP) is 5.72. The molecule has 2 fully saturated rings. The van der Waals surface area contributed by atoms with Gasteiger partial charge in [0.1, 0.15) is 18.3 Å². The molecule has 0 radical (unpaired) electrons. The van der Waals surface area contributed by atoms with Gasteiger partial charge in [0.05, 0.1) is 0 Å². The van der Waals surface area contributed by atoms with E-state index in [9.17, 15) is 0 Å². The first-order chi connectivity index (χ1) is 16.5. The number of rotatable bonds is 10. The first-order valence-corrected chi connectivity index (χ1v) is 12.4. The number of piperidine rings is 1. The van der Waals surface area contributed by atoms with Gasteiger partial charge >= 0.3 is 0 Å². The van der Waals surface area contributed by atoms with Crippen molar-refractivity contribution in [3.05, 3.63) is 71.7 Å². The van der Waals surface area contributed by atoms with Gasteiger partial charge in [-0.1, -0.05) is 37.6 Å². The van der Waals surface area contributed by atoms with Gasteiger partial charge in [0.15, 0.2) is 0 Å². The summed E-state index contributed by atoms with van der Waals surface area (Å²) in [6, 6.07) is 4.22. The third kappa shape index (κ3) is 6.76.